The first-order chi connectivity index (χ1) is 8.89. The SMILES string of the molecule is CN(Cc1ccc(Br)o1)S(=O)(=O)c1cccc(N)c1. The number of furan rings is 1. The molecule has 7 heteroatoms. The highest BCUT2D eigenvalue weighted by atomic mass is 79.9. The van der Waals surface area contributed by atoms with Crippen LogP contribution in [0.3, 0.4) is 0 Å². The third kappa shape index (κ3) is 3.17. The molecule has 1 aromatic carbocycles. The minimum Gasteiger partial charge on any atom is -0.453 e. The zero-order valence-electron chi connectivity index (χ0n) is 10.2. The van der Waals surface area contributed by atoms with Gasteiger partial charge in [-0.15, -0.1) is 0 Å². The minimum absolute atomic E-state index is 0.155. The number of nitrogens with two attached hydrogens (primary N) is 1. The zero-order chi connectivity index (χ0) is 14.0. The summed E-state index contributed by atoms with van der Waals surface area (Å²) in [7, 11) is -2.08. The summed E-state index contributed by atoms with van der Waals surface area (Å²) in [5, 5.41) is 0. The fourth-order valence-corrected chi connectivity index (χ4v) is 3.13. The highest BCUT2D eigenvalue weighted by molar-refractivity contribution is 9.10. The lowest BCUT2D eigenvalue weighted by molar-refractivity contribution is 0.398. The molecule has 0 saturated heterocycles. The van der Waals surface area contributed by atoms with Crippen LogP contribution in [-0.2, 0) is 16.6 Å². The molecule has 102 valence electrons. The summed E-state index contributed by atoms with van der Waals surface area (Å²) in [6, 6.07) is 9.64. The van der Waals surface area contributed by atoms with E-state index in [4.69, 9.17) is 10.2 Å². The topological polar surface area (TPSA) is 76.5 Å². The van der Waals surface area contributed by atoms with Gasteiger partial charge in [0.1, 0.15) is 5.76 Å². The van der Waals surface area contributed by atoms with Crippen LogP contribution in [0.25, 0.3) is 0 Å². The first-order valence-electron chi connectivity index (χ1n) is 5.45. The number of sulfonamides is 1. The van der Waals surface area contributed by atoms with Gasteiger partial charge in [-0.25, -0.2) is 8.42 Å². The number of nitrogens with zero attached hydrogens (tertiary/aromatic N) is 1. The second-order valence-electron chi connectivity index (χ2n) is 4.04. The number of hydrogen-bond acceptors (Lipinski definition) is 4. The maximum atomic E-state index is 12.3. The summed E-state index contributed by atoms with van der Waals surface area (Å²) >= 11 is 3.18. The Morgan fingerprint density at radius 3 is 2.63 bits per heavy atom. The van der Waals surface area contributed by atoms with Crippen LogP contribution < -0.4 is 5.73 Å². The molecule has 0 unspecified atom stereocenters. The maximum absolute atomic E-state index is 12.3. The molecular formula is C12H13BrN2O3S. The molecule has 0 spiro atoms. The van der Waals surface area contributed by atoms with E-state index in [9.17, 15) is 8.42 Å². The second-order valence-corrected chi connectivity index (χ2v) is 6.87. The van der Waals surface area contributed by atoms with Gasteiger partial charge in [0, 0.05) is 12.7 Å². The van der Waals surface area contributed by atoms with Crippen molar-refractivity contribution in [2.45, 2.75) is 11.4 Å². The summed E-state index contributed by atoms with van der Waals surface area (Å²) < 4.78 is 31.7. The van der Waals surface area contributed by atoms with E-state index in [0.717, 1.165) is 0 Å². The molecule has 1 aromatic heterocycles. The predicted octanol–water partition coefficient (Wildman–Crippen LogP) is 2.45. The molecule has 0 saturated carbocycles. The Morgan fingerprint density at radius 1 is 1.32 bits per heavy atom. The number of nitrogen functional groups attached to an aromatic ring is 1. The van der Waals surface area contributed by atoms with E-state index in [2.05, 4.69) is 15.9 Å². The van der Waals surface area contributed by atoms with Gasteiger partial charge in [0.05, 0.1) is 11.4 Å². The molecule has 0 aliphatic carbocycles. The van der Waals surface area contributed by atoms with E-state index in [-0.39, 0.29) is 11.4 Å². The Hall–Kier alpha value is -1.31. The van der Waals surface area contributed by atoms with Gasteiger partial charge in [-0.2, -0.15) is 4.31 Å². The van der Waals surface area contributed by atoms with E-state index in [1.165, 1.54) is 23.5 Å². The first-order valence-corrected chi connectivity index (χ1v) is 7.69. The second kappa shape index (κ2) is 5.36. The van der Waals surface area contributed by atoms with Crippen molar-refractivity contribution in [1.29, 1.82) is 0 Å². The van der Waals surface area contributed by atoms with Crippen molar-refractivity contribution in [2.24, 2.45) is 0 Å². The lowest BCUT2D eigenvalue weighted by atomic mass is 10.3. The summed E-state index contributed by atoms with van der Waals surface area (Å²) in [4.78, 5) is 0.167. The lowest BCUT2D eigenvalue weighted by Gasteiger charge is -2.16. The molecule has 5 nitrogen and oxygen atoms in total. The van der Waals surface area contributed by atoms with Crippen molar-refractivity contribution in [1.82, 2.24) is 4.31 Å². The van der Waals surface area contributed by atoms with Crippen molar-refractivity contribution in [3.05, 3.63) is 46.8 Å². The van der Waals surface area contributed by atoms with E-state index >= 15 is 0 Å². The maximum Gasteiger partial charge on any atom is 0.243 e. The molecule has 1 heterocycles. The van der Waals surface area contributed by atoms with Crippen LogP contribution in [0.15, 0.2) is 50.4 Å². The van der Waals surface area contributed by atoms with Crippen LogP contribution in [-0.4, -0.2) is 19.8 Å². The molecule has 0 aliphatic rings. The van der Waals surface area contributed by atoms with Crippen LogP contribution in [0.2, 0.25) is 0 Å². The monoisotopic (exact) mass is 344 g/mol. The molecule has 0 aliphatic heterocycles. The summed E-state index contributed by atoms with van der Waals surface area (Å²) in [6.07, 6.45) is 0. The van der Waals surface area contributed by atoms with Gasteiger partial charge < -0.3 is 10.2 Å². The molecule has 2 rings (SSSR count). The van der Waals surface area contributed by atoms with Crippen molar-refractivity contribution >= 4 is 31.6 Å². The van der Waals surface area contributed by atoms with Gasteiger partial charge in [-0.05, 0) is 46.3 Å². The number of benzene rings is 1. The molecule has 0 atom stereocenters. The van der Waals surface area contributed by atoms with Crippen LogP contribution >= 0.6 is 15.9 Å². The minimum atomic E-state index is -3.57. The summed E-state index contributed by atoms with van der Waals surface area (Å²) in [5.41, 5.74) is 6.02. The zero-order valence-corrected chi connectivity index (χ0v) is 12.6. The van der Waals surface area contributed by atoms with Crippen LogP contribution in [0.5, 0.6) is 0 Å². The van der Waals surface area contributed by atoms with Gasteiger partial charge in [0.2, 0.25) is 10.0 Å². The quantitative estimate of drug-likeness (QED) is 0.864. The molecule has 19 heavy (non-hydrogen) atoms. The molecule has 0 fully saturated rings. The standard InChI is InChI=1S/C12H13BrN2O3S/c1-15(8-10-5-6-12(13)18-10)19(16,17)11-4-2-3-9(14)7-11/h2-7H,8,14H2,1H3. The van der Waals surface area contributed by atoms with Gasteiger partial charge >= 0.3 is 0 Å². The third-order valence-electron chi connectivity index (χ3n) is 2.57. The average Bonchev–Trinajstić information content (AvgIpc) is 2.74. The molecule has 0 amide bonds. The number of halogens is 1. The Bertz CT molecular complexity index is 682. The normalized spacial score (nSPS) is 11.9. The Balaban J connectivity index is 2.24. The Kier molecular flexibility index (Phi) is 3.98. The van der Waals surface area contributed by atoms with Crippen molar-refractivity contribution in [3.8, 4) is 0 Å². The Morgan fingerprint density at radius 2 is 2.05 bits per heavy atom. The van der Waals surface area contributed by atoms with Crippen molar-refractivity contribution in [2.75, 3.05) is 12.8 Å². The van der Waals surface area contributed by atoms with Crippen molar-refractivity contribution < 1.29 is 12.8 Å². The number of anilines is 1. The average molecular weight is 345 g/mol. The smallest absolute Gasteiger partial charge is 0.243 e. The largest absolute Gasteiger partial charge is 0.453 e. The highest BCUT2D eigenvalue weighted by Crippen LogP contribution is 2.21. The highest BCUT2D eigenvalue weighted by Gasteiger charge is 2.22. The molecule has 2 aromatic rings. The van der Waals surface area contributed by atoms with Gasteiger partial charge in [0.15, 0.2) is 4.67 Å². The summed E-state index contributed by atoms with van der Waals surface area (Å²) in [6.45, 7) is 0.155. The first kappa shape index (κ1) is 14.1. The number of rotatable bonds is 4. The molecule has 0 bridgehead atoms. The molecule has 2 N–H and O–H groups in total. The number of hydrogen-bond donors (Lipinski definition) is 1. The van der Waals surface area contributed by atoms with Gasteiger partial charge in [0.25, 0.3) is 0 Å². The van der Waals surface area contributed by atoms with Crippen LogP contribution in [0.4, 0.5) is 5.69 Å². The van der Waals surface area contributed by atoms with E-state index in [1.54, 1.807) is 24.3 Å². The van der Waals surface area contributed by atoms with E-state index < -0.39 is 10.0 Å². The Labute approximate surface area is 120 Å². The van der Waals surface area contributed by atoms with Gasteiger partial charge in [-0.3, -0.25) is 0 Å². The predicted molar refractivity (Wildman–Crippen MR) is 75.9 cm³/mol. The fourth-order valence-electron chi connectivity index (χ4n) is 1.60. The third-order valence-corrected chi connectivity index (χ3v) is 4.80. The van der Waals surface area contributed by atoms with E-state index in [1.807, 2.05) is 0 Å². The van der Waals surface area contributed by atoms with Crippen LogP contribution in [0, 0.1) is 0 Å². The van der Waals surface area contributed by atoms with Crippen molar-refractivity contribution in [3.63, 3.8) is 0 Å². The summed E-state index contributed by atoms with van der Waals surface area (Å²) in [5.74, 6) is 0.557. The fraction of sp³-hybridized carbons (Fsp3) is 0.167. The van der Waals surface area contributed by atoms with Crippen LogP contribution in [0.1, 0.15) is 5.76 Å². The molecular weight excluding hydrogens is 332 g/mol. The van der Waals surface area contributed by atoms with Gasteiger partial charge in [-0.1, -0.05) is 6.07 Å². The van der Waals surface area contributed by atoms with E-state index in [0.29, 0.717) is 16.1 Å². The lowest BCUT2D eigenvalue weighted by Crippen LogP contribution is -2.26. The molecule has 0 radical (unpaired) electrons.